The molecule has 122 valence electrons. The maximum atomic E-state index is 12.2. The summed E-state index contributed by atoms with van der Waals surface area (Å²) in [5.41, 5.74) is -0.748. The molecular formula is C16H29NO4. The minimum Gasteiger partial charge on any atom is -0.465 e. The molecule has 0 bridgehead atoms. The normalized spacial score (nSPS) is 32.5. The lowest BCUT2D eigenvalue weighted by atomic mass is 10.0. The van der Waals surface area contributed by atoms with Gasteiger partial charge in [0.25, 0.3) is 0 Å². The number of hydrogen-bond acceptors (Lipinski definition) is 5. The lowest BCUT2D eigenvalue weighted by Crippen LogP contribution is -2.55. The Labute approximate surface area is 127 Å². The van der Waals surface area contributed by atoms with Gasteiger partial charge in [0.05, 0.1) is 31.5 Å². The molecule has 5 heteroatoms. The van der Waals surface area contributed by atoms with Gasteiger partial charge in [0, 0.05) is 6.04 Å². The zero-order valence-electron chi connectivity index (χ0n) is 13.7. The Balaban J connectivity index is 1.90. The van der Waals surface area contributed by atoms with E-state index >= 15 is 0 Å². The number of carbonyl (C=O) groups excluding carboxylic acids is 1. The van der Waals surface area contributed by atoms with Crippen molar-refractivity contribution in [3.05, 3.63) is 0 Å². The Bertz CT molecular complexity index is 348. The monoisotopic (exact) mass is 299 g/mol. The van der Waals surface area contributed by atoms with E-state index in [4.69, 9.17) is 14.2 Å². The van der Waals surface area contributed by atoms with E-state index in [1.807, 2.05) is 13.8 Å². The van der Waals surface area contributed by atoms with Crippen LogP contribution in [0.2, 0.25) is 0 Å². The molecule has 1 saturated heterocycles. The van der Waals surface area contributed by atoms with Gasteiger partial charge in [-0.15, -0.1) is 0 Å². The summed E-state index contributed by atoms with van der Waals surface area (Å²) in [5, 5.41) is 3.38. The highest BCUT2D eigenvalue weighted by Gasteiger charge is 2.41. The van der Waals surface area contributed by atoms with Gasteiger partial charge < -0.3 is 14.2 Å². The number of rotatable bonds is 7. The first-order valence-corrected chi connectivity index (χ1v) is 8.15. The van der Waals surface area contributed by atoms with Crippen LogP contribution in [0.15, 0.2) is 0 Å². The first kappa shape index (κ1) is 16.7. The average Bonchev–Trinajstić information content (AvgIpc) is 3.19. The van der Waals surface area contributed by atoms with Crippen LogP contribution in [0.5, 0.6) is 0 Å². The first-order valence-electron chi connectivity index (χ1n) is 8.15. The van der Waals surface area contributed by atoms with Crippen LogP contribution in [0, 0.1) is 0 Å². The molecule has 21 heavy (non-hydrogen) atoms. The molecule has 3 atom stereocenters. The van der Waals surface area contributed by atoms with Crippen LogP contribution in [-0.4, -0.2) is 49.1 Å². The summed E-state index contributed by atoms with van der Waals surface area (Å²) in [6, 6.07) is 0.426. The molecule has 1 saturated carbocycles. The third-order valence-electron chi connectivity index (χ3n) is 4.09. The van der Waals surface area contributed by atoms with E-state index in [2.05, 4.69) is 19.2 Å². The Morgan fingerprint density at radius 1 is 1.29 bits per heavy atom. The van der Waals surface area contributed by atoms with E-state index in [0.29, 0.717) is 19.3 Å². The van der Waals surface area contributed by atoms with Crippen molar-refractivity contribution in [2.75, 3.05) is 13.2 Å². The summed E-state index contributed by atoms with van der Waals surface area (Å²) in [4.78, 5) is 12.2. The number of nitrogens with one attached hydrogen (secondary N) is 1. The molecule has 1 aliphatic carbocycles. The SMILES string of the molecule is CCOC(=O)C(C)(COC1CC(C)OC(C)C1)NC1CC1. The van der Waals surface area contributed by atoms with Crippen LogP contribution in [0.1, 0.15) is 53.4 Å². The lowest BCUT2D eigenvalue weighted by Gasteiger charge is -2.35. The number of carbonyl (C=O) groups is 1. The second-order valence-electron chi connectivity index (χ2n) is 6.63. The average molecular weight is 299 g/mol. The summed E-state index contributed by atoms with van der Waals surface area (Å²) in [5.74, 6) is -0.218. The maximum Gasteiger partial charge on any atom is 0.328 e. The van der Waals surface area contributed by atoms with Crippen molar-refractivity contribution < 1.29 is 19.0 Å². The van der Waals surface area contributed by atoms with Crippen molar-refractivity contribution >= 4 is 5.97 Å². The van der Waals surface area contributed by atoms with Crippen LogP contribution in [-0.2, 0) is 19.0 Å². The van der Waals surface area contributed by atoms with Crippen LogP contribution in [0.25, 0.3) is 0 Å². The molecule has 2 fully saturated rings. The topological polar surface area (TPSA) is 56.8 Å². The van der Waals surface area contributed by atoms with Crippen molar-refractivity contribution in [2.45, 2.75) is 83.3 Å². The summed E-state index contributed by atoms with van der Waals surface area (Å²) < 4.78 is 17.0. The third kappa shape index (κ3) is 4.94. The molecule has 5 nitrogen and oxygen atoms in total. The zero-order valence-corrected chi connectivity index (χ0v) is 13.7. The quantitative estimate of drug-likeness (QED) is 0.729. The molecule has 0 aromatic heterocycles. The van der Waals surface area contributed by atoms with Gasteiger partial charge >= 0.3 is 5.97 Å². The van der Waals surface area contributed by atoms with Gasteiger partial charge in [-0.05, 0) is 53.4 Å². The third-order valence-corrected chi connectivity index (χ3v) is 4.09. The predicted molar refractivity (Wildman–Crippen MR) is 80.2 cm³/mol. The Kier molecular flexibility index (Phi) is 5.63. The van der Waals surface area contributed by atoms with E-state index in [1.165, 1.54) is 0 Å². The fraction of sp³-hybridized carbons (Fsp3) is 0.938. The highest BCUT2D eigenvalue weighted by atomic mass is 16.5. The summed E-state index contributed by atoms with van der Waals surface area (Å²) in [7, 11) is 0. The molecule has 0 aromatic rings. The molecule has 2 rings (SSSR count). The zero-order chi connectivity index (χ0) is 15.5. The molecule has 0 aromatic carbocycles. The minimum atomic E-state index is -0.748. The van der Waals surface area contributed by atoms with Crippen LogP contribution in [0.3, 0.4) is 0 Å². The number of hydrogen-bond donors (Lipinski definition) is 1. The fourth-order valence-electron chi connectivity index (χ4n) is 2.89. The molecule has 1 N–H and O–H groups in total. The molecule has 3 unspecified atom stereocenters. The maximum absolute atomic E-state index is 12.2. The van der Waals surface area contributed by atoms with E-state index in [0.717, 1.165) is 25.7 Å². The fourth-order valence-corrected chi connectivity index (χ4v) is 2.89. The van der Waals surface area contributed by atoms with Gasteiger partial charge in [-0.1, -0.05) is 0 Å². The van der Waals surface area contributed by atoms with E-state index in [-0.39, 0.29) is 24.3 Å². The van der Waals surface area contributed by atoms with Crippen molar-refractivity contribution in [2.24, 2.45) is 0 Å². The molecule has 1 aliphatic heterocycles. The second kappa shape index (κ2) is 7.07. The lowest BCUT2D eigenvalue weighted by molar-refractivity contribution is -0.157. The Morgan fingerprint density at radius 3 is 2.43 bits per heavy atom. The van der Waals surface area contributed by atoms with Crippen LogP contribution < -0.4 is 5.32 Å². The molecular weight excluding hydrogens is 270 g/mol. The van der Waals surface area contributed by atoms with Crippen LogP contribution in [0.4, 0.5) is 0 Å². The molecule has 0 radical (unpaired) electrons. The summed E-state index contributed by atoms with van der Waals surface area (Å²) in [6.45, 7) is 8.60. The highest BCUT2D eigenvalue weighted by molar-refractivity contribution is 5.80. The minimum absolute atomic E-state index is 0.151. The van der Waals surface area contributed by atoms with Crippen molar-refractivity contribution in [3.63, 3.8) is 0 Å². The van der Waals surface area contributed by atoms with Crippen molar-refractivity contribution in [1.82, 2.24) is 5.32 Å². The molecule has 0 amide bonds. The van der Waals surface area contributed by atoms with Crippen molar-refractivity contribution in [3.8, 4) is 0 Å². The largest absolute Gasteiger partial charge is 0.465 e. The summed E-state index contributed by atoms with van der Waals surface area (Å²) in [6.07, 6.45) is 4.59. The highest BCUT2D eigenvalue weighted by Crippen LogP contribution is 2.26. The first-order chi connectivity index (χ1) is 9.93. The Morgan fingerprint density at radius 2 is 1.90 bits per heavy atom. The predicted octanol–water partition coefficient (Wildman–Crippen LogP) is 2.03. The summed E-state index contributed by atoms with van der Waals surface area (Å²) >= 11 is 0. The standard InChI is InChI=1S/C16H29NO4/c1-5-19-15(18)16(4,17-13-6-7-13)10-20-14-8-11(2)21-12(3)9-14/h11-14,17H,5-10H2,1-4H3. The smallest absolute Gasteiger partial charge is 0.328 e. The second-order valence-corrected chi connectivity index (χ2v) is 6.63. The molecule has 0 spiro atoms. The molecule has 1 heterocycles. The Hall–Kier alpha value is -0.650. The van der Waals surface area contributed by atoms with Crippen LogP contribution >= 0.6 is 0 Å². The van der Waals surface area contributed by atoms with Gasteiger partial charge in [-0.2, -0.15) is 0 Å². The molecule has 2 aliphatic rings. The van der Waals surface area contributed by atoms with Gasteiger partial charge in [-0.3, -0.25) is 5.32 Å². The van der Waals surface area contributed by atoms with Gasteiger partial charge in [-0.25, -0.2) is 4.79 Å². The van der Waals surface area contributed by atoms with E-state index < -0.39 is 5.54 Å². The van der Waals surface area contributed by atoms with E-state index in [9.17, 15) is 4.79 Å². The van der Waals surface area contributed by atoms with Gasteiger partial charge in [0.1, 0.15) is 5.54 Å². The number of ether oxygens (including phenoxy) is 3. The van der Waals surface area contributed by atoms with Gasteiger partial charge in [0.2, 0.25) is 0 Å². The van der Waals surface area contributed by atoms with E-state index in [1.54, 1.807) is 0 Å². The number of esters is 1. The van der Waals surface area contributed by atoms with Gasteiger partial charge in [0.15, 0.2) is 0 Å². The van der Waals surface area contributed by atoms with Crippen molar-refractivity contribution in [1.29, 1.82) is 0 Å².